The molecule has 0 bridgehead atoms. The summed E-state index contributed by atoms with van der Waals surface area (Å²) in [5.74, 6) is 7.53. The molecule has 0 amide bonds. The average Bonchev–Trinajstić information content (AvgIpc) is 1.20. The second kappa shape index (κ2) is 37.5. The zero-order valence-electron chi connectivity index (χ0n) is 60.9. The highest BCUT2D eigenvalue weighted by Gasteiger charge is 2.21. The lowest BCUT2D eigenvalue weighted by Gasteiger charge is -2.20. The summed E-state index contributed by atoms with van der Waals surface area (Å²) in [6.07, 6.45) is 22.6. The van der Waals surface area contributed by atoms with Gasteiger partial charge in [0.05, 0.1) is 5.69 Å². The van der Waals surface area contributed by atoms with Crippen molar-refractivity contribution in [1.82, 2.24) is 64.8 Å². The van der Waals surface area contributed by atoms with E-state index >= 15 is 0 Å². The van der Waals surface area contributed by atoms with Gasteiger partial charge in [0.2, 0.25) is 0 Å². The topological polar surface area (TPSA) is 168 Å². The van der Waals surface area contributed by atoms with Crippen LogP contribution in [0.5, 0.6) is 0 Å². The zero-order valence-corrected chi connectivity index (χ0v) is 60.9. The smallest absolute Gasteiger partial charge is 0.135 e. The maximum Gasteiger partial charge on any atom is 0.135 e. The van der Waals surface area contributed by atoms with Gasteiger partial charge in [-0.15, -0.1) is 12.8 Å². The molecule has 13 nitrogen and oxygen atoms in total. The van der Waals surface area contributed by atoms with Crippen LogP contribution in [-0.4, -0.2) is 64.8 Å². The van der Waals surface area contributed by atoms with Crippen LogP contribution in [0.25, 0.3) is 0 Å². The summed E-state index contributed by atoms with van der Waals surface area (Å²) >= 11 is 0. The second-order valence-electron chi connectivity index (χ2n) is 30.4. The van der Waals surface area contributed by atoms with Crippen LogP contribution < -0.4 is 0 Å². The summed E-state index contributed by atoms with van der Waals surface area (Å²) in [4.78, 5) is 54.4. The van der Waals surface area contributed by atoms with Gasteiger partial charge >= 0.3 is 0 Å². The van der Waals surface area contributed by atoms with Gasteiger partial charge in [-0.25, -0.2) is 49.8 Å². The van der Waals surface area contributed by atoms with Crippen molar-refractivity contribution in [2.24, 2.45) is 0 Å². The first kappa shape index (κ1) is 86.0. The Bertz CT molecular complexity index is 3120. The molecule has 0 saturated heterocycles. The van der Waals surface area contributed by atoms with Crippen molar-refractivity contribution < 1.29 is 0 Å². The van der Waals surface area contributed by atoms with Crippen LogP contribution in [0.15, 0.2) is 116 Å². The second-order valence-corrected chi connectivity index (χ2v) is 30.4. The molecule has 8 aromatic rings. The van der Waals surface area contributed by atoms with E-state index in [4.69, 9.17) is 12.8 Å². The van der Waals surface area contributed by atoms with E-state index in [-0.39, 0.29) is 58.2 Å². The average molecular weight is 1250 g/mol. The summed E-state index contributed by atoms with van der Waals surface area (Å²) in [7, 11) is 0. The SMILES string of the molecule is C.C.C#Cc1cc(C(C)(C)C)ncn1.C#Cc1ccnc(C(C)(C)C)n1.Cc1cc(C(C)(C)C)ccn1.Cc1cc(C(C)(C)C)ncn1.Cc1cccc(C(C)(C)C)n1.Cc1ccnc(C(C)(C)C)n1.Cc1nccc(C(C)(C)C)n1.Cc1ncccc1C(C)(C)C. The Kier molecular flexibility index (Phi) is 35.0. The number of hydrogen-bond donors (Lipinski definition) is 0. The van der Waals surface area contributed by atoms with E-state index in [0.29, 0.717) is 11.4 Å². The van der Waals surface area contributed by atoms with Crippen LogP contribution in [0.2, 0.25) is 0 Å². The molecule has 0 fully saturated rings. The van der Waals surface area contributed by atoms with Gasteiger partial charge in [-0.05, 0) is 124 Å². The fourth-order valence-electron chi connectivity index (χ4n) is 7.45. The lowest BCUT2D eigenvalue weighted by Crippen LogP contribution is -2.16. The van der Waals surface area contributed by atoms with Crippen LogP contribution in [0.1, 0.15) is 272 Å². The number of pyridine rings is 3. The molecule has 0 unspecified atom stereocenters. The number of rotatable bonds is 0. The molecule has 0 aliphatic rings. The van der Waals surface area contributed by atoms with Crippen LogP contribution in [-0.2, 0) is 43.3 Å². The Morgan fingerprint density at radius 1 is 0.304 bits per heavy atom. The van der Waals surface area contributed by atoms with Crippen LogP contribution >= 0.6 is 0 Å². The molecule has 500 valence electrons. The first-order valence-corrected chi connectivity index (χ1v) is 30.9. The van der Waals surface area contributed by atoms with Crippen molar-refractivity contribution in [3.63, 3.8) is 0 Å². The minimum Gasteiger partial charge on any atom is -0.262 e. The molecule has 0 aromatic carbocycles. The molecule has 13 heteroatoms. The molecule has 0 radical (unpaired) electrons. The number of aryl methyl sites for hydroxylation is 6. The number of aromatic nitrogens is 13. The molecule has 8 heterocycles. The molecular formula is C79H119N13. The van der Waals surface area contributed by atoms with E-state index in [1.807, 2.05) is 95.8 Å². The minimum atomic E-state index is -0.0349. The van der Waals surface area contributed by atoms with Crippen LogP contribution in [0, 0.1) is 66.2 Å². The largest absolute Gasteiger partial charge is 0.262 e. The molecule has 0 aliphatic heterocycles. The van der Waals surface area contributed by atoms with Crippen LogP contribution in [0.4, 0.5) is 0 Å². The molecular weight excluding hydrogens is 1130 g/mol. The van der Waals surface area contributed by atoms with E-state index in [9.17, 15) is 0 Å². The highest BCUT2D eigenvalue weighted by atomic mass is 14.9. The van der Waals surface area contributed by atoms with Gasteiger partial charge in [-0.1, -0.05) is 205 Å². The predicted molar refractivity (Wildman–Crippen MR) is 390 cm³/mol. The molecule has 0 spiro atoms. The zero-order chi connectivity index (χ0) is 69.3. The molecule has 0 aliphatic carbocycles. The maximum atomic E-state index is 5.22. The molecule has 8 aromatic heterocycles. The Labute approximate surface area is 560 Å². The van der Waals surface area contributed by atoms with E-state index in [2.05, 4.69) is 280 Å². The van der Waals surface area contributed by atoms with Gasteiger partial charge in [0.1, 0.15) is 41.5 Å². The fourth-order valence-corrected chi connectivity index (χ4v) is 7.45. The summed E-state index contributed by atoms with van der Waals surface area (Å²) in [6.45, 7) is 63.4. The van der Waals surface area contributed by atoms with E-state index < -0.39 is 0 Å². The third-order valence-corrected chi connectivity index (χ3v) is 12.9. The number of terminal acetylenes is 2. The first-order chi connectivity index (χ1) is 41.1. The predicted octanol–water partition coefficient (Wildman–Crippen LogP) is 19.1. The number of nitrogens with zero attached hydrogens (tertiary/aromatic N) is 13. The van der Waals surface area contributed by atoms with Gasteiger partial charge in [0, 0.05) is 109 Å². The third-order valence-electron chi connectivity index (χ3n) is 12.9. The van der Waals surface area contributed by atoms with Crippen molar-refractivity contribution >= 4 is 0 Å². The molecule has 0 atom stereocenters. The van der Waals surface area contributed by atoms with Gasteiger partial charge in [-0.3, -0.25) is 15.0 Å². The maximum absolute atomic E-state index is 5.22. The minimum absolute atomic E-state index is 0. The summed E-state index contributed by atoms with van der Waals surface area (Å²) in [5, 5.41) is 0. The Hall–Kier alpha value is -8.03. The van der Waals surface area contributed by atoms with Crippen molar-refractivity contribution in [2.45, 2.75) is 266 Å². The quantitative estimate of drug-likeness (QED) is 0.132. The Morgan fingerprint density at radius 2 is 0.761 bits per heavy atom. The van der Waals surface area contributed by atoms with Crippen molar-refractivity contribution in [3.8, 4) is 24.7 Å². The summed E-state index contributed by atoms with van der Waals surface area (Å²) in [5.41, 5.74) is 14.7. The third kappa shape index (κ3) is 34.4. The van der Waals surface area contributed by atoms with Gasteiger partial charge in [0.15, 0.2) is 0 Å². The lowest BCUT2D eigenvalue weighted by molar-refractivity contribution is 0.543. The Balaban J connectivity index is 0. The van der Waals surface area contributed by atoms with E-state index in [1.54, 1.807) is 18.6 Å². The molecule has 92 heavy (non-hydrogen) atoms. The highest BCUT2D eigenvalue weighted by Crippen LogP contribution is 2.26. The van der Waals surface area contributed by atoms with Gasteiger partial charge < -0.3 is 0 Å². The molecule has 0 N–H and O–H groups in total. The fraction of sp³-hybridized carbons (Fsp3) is 0.506. The van der Waals surface area contributed by atoms with E-state index in [1.165, 1.54) is 17.5 Å². The molecule has 0 saturated carbocycles. The highest BCUT2D eigenvalue weighted by molar-refractivity contribution is 5.29. The number of hydrogen-bond acceptors (Lipinski definition) is 13. The van der Waals surface area contributed by atoms with Gasteiger partial charge in [-0.2, -0.15) is 0 Å². The first-order valence-electron chi connectivity index (χ1n) is 30.9. The summed E-state index contributed by atoms with van der Waals surface area (Å²) < 4.78 is 0. The van der Waals surface area contributed by atoms with Crippen LogP contribution in [0.3, 0.4) is 0 Å². The van der Waals surface area contributed by atoms with E-state index in [0.717, 1.165) is 68.7 Å². The normalized spacial score (nSPS) is 11.2. The molecule has 8 rings (SSSR count). The van der Waals surface area contributed by atoms with Crippen molar-refractivity contribution in [2.75, 3.05) is 0 Å². The lowest BCUT2D eigenvalue weighted by atomic mass is 9.86. The standard InChI is InChI=1S/2C10H12N2.3C10H15N.3C9H14N2.2CH4/c1-5-8-6-9(10(2,3)4)12-7-11-8;1-5-8-6-7-11-9(12-8)10(2,3)4;1-8-7-9(5-6-11-8)10(2,3)4;1-8-9(10(2,3)4)6-5-7-11-8;1-8-6-5-7-9(11-8)10(2,3)4;1-7-5-8(9(2,3)4)11-6-10-7;1-7-10-6-5-8(11-7)9(2,3)4;1-7-5-6-10-8(11-7)9(2,3)4;;/h2*1,6-7H,2-4H3;3*5-7H,1-4H3;3*5-6H,1-4H3;2*1H4. The van der Waals surface area contributed by atoms with Crippen molar-refractivity contribution in [3.05, 3.63) is 208 Å². The van der Waals surface area contributed by atoms with Crippen molar-refractivity contribution in [1.29, 1.82) is 0 Å². The Morgan fingerprint density at radius 3 is 1.13 bits per heavy atom. The van der Waals surface area contributed by atoms with Gasteiger partial charge in [0.25, 0.3) is 0 Å². The monoisotopic (exact) mass is 1250 g/mol. The summed E-state index contributed by atoms with van der Waals surface area (Å²) in [6, 6.07) is 24.0.